The minimum Gasteiger partial charge on any atom is -0.389 e. The molecular formula is C10H21NO2. The molecule has 0 unspecified atom stereocenters. The number of piperidine rings is 1. The van der Waals surface area contributed by atoms with Gasteiger partial charge in [0.2, 0.25) is 0 Å². The minimum atomic E-state index is -0.819. The van der Waals surface area contributed by atoms with Crippen LogP contribution in [0.4, 0.5) is 0 Å². The highest BCUT2D eigenvalue weighted by Crippen LogP contribution is 2.25. The largest absolute Gasteiger partial charge is 0.389 e. The van der Waals surface area contributed by atoms with Crippen LogP contribution in [0.1, 0.15) is 39.0 Å². The fourth-order valence-corrected chi connectivity index (χ4v) is 1.87. The van der Waals surface area contributed by atoms with Crippen LogP contribution in [-0.2, 0) is 0 Å². The molecule has 0 amide bonds. The van der Waals surface area contributed by atoms with Crippen molar-refractivity contribution in [1.82, 2.24) is 5.32 Å². The Hall–Kier alpha value is -0.120. The van der Waals surface area contributed by atoms with Gasteiger partial charge in [0, 0.05) is 6.54 Å². The molecule has 1 fully saturated rings. The van der Waals surface area contributed by atoms with Crippen LogP contribution in [0.15, 0.2) is 0 Å². The Morgan fingerprint density at radius 1 is 1.46 bits per heavy atom. The standard InChI is InChI=1S/C10H21NO2/c1-2-3-4-5-10(13)6-7-11-8-9(10)12/h9,11-13H,2-8H2,1H3/t9-,10-/m0/s1. The van der Waals surface area contributed by atoms with Gasteiger partial charge >= 0.3 is 0 Å². The Morgan fingerprint density at radius 2 is 2.23 bits per heavy atom. The number of nitrogens with one attached hydrogen (secondary N) is 1. The molecule has 1 aliphatic rings. The van der Waals surface area contributed by atoms with E-state index in [-0.39, 0.29) is 0 Å². The number of hydrogen-bond donors (Lipinski definition) is 3. The Kier molecular flexibility index (Phi) is 4.16. The summed E-state index contributed by atoms with van der Waals surface area (Å²) in [6.07, 6.45) is 4.15. The molecule has 1 saturated heterocycles. The van der Waals surface area contributed by atoms with E-state index in [9.17, 15) is 10.2 Å². The molecule has 0 spiro atoms. The van der Waals surface area contributed by atoms with E-state index in [1.165, 1.54) is 0 Å². The molecule has 13 heavy (non-hydrogen) atoms. The van der Waals surface area contributed by atoms with Crippen LogP contribution >= 0.6 is 0 Å². The summed E-state index contributed by atoms with van der Waals surface area (Å²) in [7, 11) is 0. The predicted octanol–water partition coefficient (Wildman–Crippen LogP) is 0.652. The summed E-state index contributed by atoms with van der Waals surface area (Å²) < 4.78 is 0. The van der Waals surface area contributed by atoms with Crippen LogP contribution in [0.3, 0.4) is 0 Å². The molecule has 78 valence electrons. The second kappa shape index (κ2) is 4.94. The molecule has 0 radical (unpaired) electrons. The van der Waals surface area contributed by atoms with E-state index in [1.807, 2.05) is 0 Å². The third-order valence-corrected chi connectivity index (χ3v) is 2.91. The van der Waals surface area contributed by atoms with Crippen molar-refractivity contribution in [3.05, 3.63) is 0 Å². The van der Waals surface area contributed by atoms with E-state index in [0.29, 0.717) is 13.0 Å². The van der Waals surface area contributed by atoms with Crippen LogP contribution in [-0.4, -0.2) is 35.0 Å². The van der Waals surface area contributed by atoms with Crippen LogP contribution in [0, 0.1) is 0 Å². The number of aliphatic hydroxyl groups is 2. The first kappa shape index (κ1) is 11.0. The van der Waals surface area contributed by atoms with Crippen molar-refractivity contribution in [1.29, 1.82) is 0 Å². The Morgan fingerprint density at radius 3 is 2.85 bits per heavy atom. The monoisotopic (exact) mass is 187 g/mol. The van der Waals surface area contributed by atoms with Crippen molar-refractivity contribution in [2.45, 2.75) is 50.7 Å². The van der Waals surface area contributed by atoms with E-state index < -0.39 is 11.7 Å². The van der Waals surface area contributed by atoms with Gasteiger partial charge in [-0.2, -0.15) is 0 Å². The van der Waals surface area contributed by atoms with Gasteiger partial charge in [0.25, 0.3) is 0 Å². The Labute approximate surface area is 80.2 Å². The van der Waals surface area contributed by atoms with Gasteiger partial charge in [0.1, 0.15) is 0 Å². The highest BCUT2D eigenvalue weighted by atomic mass is 16.3. The number of β-amino-alcohol motifs (C(OH)–C–C–N with tert-alkyl or cyclic N) is 1. The molecule has 3 N–H and O–H groups in total. The van der Waals surface area contributed by atoms with Crippen LogP contribution in [0.5, 0.6) is 0 Å². The maximum atomic E-state index is 10.1. The molecule has 2 atom stereocenters. The highest BCUT2D eigenvalue weighted by molar-refractivity contribution is 4.91. The van der Waals surface area contributed by atoms with Crippen LogP contribution < -0.4 is 5.32 Å². The average Bonchev–Trinajstić information content (AvgIpc) is 2.11. The quantitative estimate of drug-likeness (QED) is 0.566. The molecule has 0 aromatic heterocycles. The SMILES string of the molecule is CCCCC[C@]1(O)CCNC[C@@H]1O. The number of rotatable bonds is 4. The molecule has 1 heterocycles. The van der Waals surface area contributed by atoms with Gasteiger partial charge in [0.15, 0.2) is 0 Å². The normalized spacial score (nSPS) is 34.8. The molecule has 3 nitrogen and oxygen atoms in total. The van der Waals surface area contributed by atoms with Gasteiger partial charge in [-0.3, -0.25) is 0 Å². The lowest BCUT2D eigenvalue weighted by molar-refractivity contribution is -0.0977. The zero-order chi connectivity index (χ0) is 9.73. The molecule has 1 rings (SSSR count). The lowest BCUT2D eigenvalue weighted by atomic mass is 9.85. The maximum absolute atomic E-state index is 10.1. The van der Waals surface area contributed by atoms with Gasteiger partial charge in [0.05, 0.1) is 11.7 Å². The van der Waals surface area contributed by atoms with Crippen LogP contribution in [0.25, 0.3) is 0 Å². The number of unbranched alkanes of at least 4 members (excludes halogenated alkanes) is 2. The third-order valence-electron chi connectivity index (χ3n) is 2.91. The van der Waals surface area contributed by atoms with Crippen molar-refractivity contribution >= 4 is 0 Å². The zero-order valence-electron chi connectivity index (χ0n) is 8.42. The zero-order valence-corrected chi connectivity index (χ0v) is 8.42. The van der Waals surface area contributed by atoms with E-state index in [2.05, 4.69) is 12.2 Å². The minimum absolute atomic E-state index is 0.530. The van der Waals surface area contributed by atoms with Crippen molar-refractivity contribution in [2.75, 3.05) is 13.1 Å². The van der Waals surface area contributed by atoms with Crippen molar-refractivity contribution in [3.63, 3.8) is 0 Å². The maximum Gasteiger partial charge on any atom is 0.0951 e. The second-order valence-corrected chi connectivity index (χ2v) is 4.03. The summed E-state index contributed by atoms with van der Waals surface area (Å²) in [5, 5.41) is 22.8. The smallest absolute Gasteiger partial charge is 0.0951 e. The fraction of sp³-hybridized carbons (Fsp3) is 1.00. The lowest BCUT2D eigenvalue weighted by Crippen LogP contribution is -2.53. The summed E-state index contributed by atoms with van der Waals surface area (Å²) in [5.74, 6) is 0. The molecule has 0 aromatic rings. The van der Waals surface area contributed by atoms with Crippen molar-refractivity contribution in [3.8, 4) is 0 Å². The predicted molar refractivity (Wildman–Crippen MR) is 52.6 cm³/mol. The third kappa shape index (κ3) is 2.93. The summed E-state index contributed by atoms with van der Waals surface area (Å²) >= 11 is 0. The highest BCUT2D eigenvalue weighted by Gasteiger charge is 2.36. The first-order valence-corrected chi connectivity index (χ1v) is 5.30. The Balaban J connectivity index is 2.33. The van der Waals surface area contributed by atoms with Crippen LogP contribution in [0.2, 0.25) is 0 Å². The molecular weight excluding hydrogens is 166 g/mol. The topological polar surface area (TPSA) is 52.5 Å². The van der Waals surface area contributed by atoms with E-state index in [4.69, 9.17) is 0 Å². The summed E-state index contributed by atoms with van der Waals surface area (Å²) in [4.78, 5) is 0. The number of aliphatic hydroxyl groups excluding tert-OH is 1. The van der Waals surface area contributed by atoms with E-state index >= 15 is 0 Å². The van der Waals surface area contributed by atoms with E-state index in [0.717, 1.165) is 32.2 Å². The molecule has 0 saturated carbocycles. The fourth-order valence-electron chi connectivity index (χ4n) is 1.87. The van der Waals surface area contributed by atoms with Crippen molar-refractivity contribution < 1.29 is 10.2 Å². The first-order chi connectivity index (χ1) is 6.19. The Bertz CT molecular complexity index is 152. The van der Waals surface area contributed by atoms with Gasteiger partial charge in [-0.15, -0.1) is 0 Å². The van der Waals surface area contributed by atoms with Gasteiger partial charge in [-0.05, 0) is 19.4 Å². The summed E-state index contributed by atoms with van der Waals surface area (Å²) in [6, 6.07) is 0. The number of hydrogen-bond acceptors (Lipinski definition) is 3. The summed E-state index contributed by atoms with van der Waals surface area (Å²) in [5.41, 5.74) is -0.819. The lowest BCUT2D eigenvalue weighted by Gasteiger charge is -2.37. The van der Waals surface area contributed by atoms with Gasteiger partial charge in [-0.25, -0.2) is 0 Å². The van der Waals surface area contributed by atoms with E-state index in [1.54, 1.807) is 0 Å². The molecule has 0 bridgehead atoms. The molecule has 1 aliphatic heterocycles. The average molecular weight is 187 g/mol. The van der Waals surface area contributed by atoms with Gasteiger partial charge < -0.3 is 15.5 Å². The first-order valence-electron chi connectivity index (χ1n) is 5.30. The summed E-state index contributed by atoms with van der Waals surface area (Å²) in [6.45, 7) is 3.49. The second-order valence-electron chi connectivity index (χ2n) is 4.03. The van der Waals surface area contributed by atoms with Crippen molar-refractivity contribution in [2.24, 2.45) is 0 Å². The molecule has 3 heteroatoms. The molecule has 0 aliphatic carbocycles. The van der Waals surface area contributed by atoms with Gasteiger partial charge in [-0.1, -0.05) is 26.2 Å². The molecule has 0 aromatic carbocycles.